The second-order valence-electron chi connectivity index (χ2n) is 7.65. The molecule has 0 bridgehead atoms. The number of hydrazine groups is 1. The minimum absolute atomic E-state index is 0.0738. The van der Waals surface area contributed by atoms with Gasteiger partial charge in [-0.3, -0.25) is 39.6 Å². The number of piperidine rings is 1. The lowest BCUT2D eigenvalue weighted by atomic mass is 9.96. The Balaban J connectivity index is 1.56. The number of hydrogen-bond donors (Lipinski definition) is 3. The summed E-state index contributed by atoms with van der Waals surface area (Å²) in [5, 5.41) is 2.19. The summed E-state index contributed by atoms with van der Waals surface area (Å²) in [6.07, 6.45) is 0.562. The Bertz CT molecular complexity index is 1130. The molecule has 164 valence electrons. The molecule has 0 saturated carbocycles. The zero-order valence-electron chi connectivity index (χ0n) is 17.4. The average molecular weight is 434 g/mol. The first kappa shape index (κ1) is 21.4. The van der Waals surface area contributed by atoms with E-state index in [1.807, 2.05) is 6.92 Å². The van der Waals surface area contributed by atoms with E-state index >= 15 is 0 Å². The first-order valence-corrected chi connectivity index (χ1v) is 10.4. The van der Waals surface area contributed by atoms with E-state index in [1.54, 1.807) is 42.5 Å². The number of nitrogens with zero attached hydrogens (tertiary/aromatic N) is 1. The summed E-state index contributed by atoms with van der Waals surface area (Å²) < 4.78 is 0. The van der Waals surface area contributed by atoms with Crippen LogP contribution in [0.1, 0.15) is 62.0 Å². The van der Waals surface area contributed by atoms with Gasteiger partial charge in [-0.15, -0.1) is 0 Å². The van der Waals surface area contributed by atoms with E-state index in [0.29, 0.717) is 24.1 Å². The Morgan fingerprint density at radius 3 is 2.50 bits per heavy atom. The number of imide groups is 2. The minimum atomic E-state index is -0.998. The molecular weight excluding hydrogens is 412 g/mol. The largest absolute Gasteiger partial charge is 0.295 e. The van der Waals surface area contributed by atoms with Gasteiger partial charge in [0.2, 0.25) is 11.8 Å². The fourth-order valence-corrected chi connectivity index (χ4v) is 3.97. The molecule has 1 unspecified atom stereocenters. The standard InChI is InChI=1S/C23H22N4O5/c1-2-24-26-20(29)14-8-6-13(7-9-14)12-15-4-3-5-16-19(15)23(32)27(22(16)31)17-10-11-18(28)25-21(17)30/h3-9,17,24H,2,10-12H2,1H3,(H,26,29)(H,25,28,30). The van der Waals surface area contributed by atoms with Gasteiger partial charge in [-0.05, 0) is 42.2 Å². The Morgan fingerprint density at radius 1 is 1.06 bits per heavy atom. The number of amides is 5. The molecule has 3 N–H and O–H groups in total. The third-order valence-electron chi connectivity index (χ3n) is 5.54. The highest BCUT2D eigenvalue weighted by molar-refractivity contribution is 6.24. The number of hydrogen-bond acceptors (Lipinski definition) is 6. The van der Waals surface area contributed by atoms with Crippen LogP contribution in [0.25, 0.3) is 0 Å². The number of carbonyl (C=O) groups excluding carboxylic acids is 5. The summed E-state index contributed by atoms with van der Waals surface area (Å²) in [7, 11) is 0. The van der Waals surface area contributed by atoms with Crippen molar-refractivity contribution in [3.63, 3.8) is 0 Å². The monoisotopic (exact) mass is 434 g/mol. The summed E-state index contributed by atoms with van der Waals surface area (Å²) in [4.78, 5) is 62.8. The topological polar surface area (TPSA) is 125 Å². The van der Waals surface area contributed by atoms with Crippen LogP contribution in [0.15, 0.2) is 42.5 Å². The Morgan fingerprint density at radius 2 is 1.81 bits per heavy atom. The van der Waals surface area contributed by atoms with Gasteiger partial charge in [0.25, 0.3) is 17.7 Å². The van der Waals surface area contributed by atoms with E-state index in [-0.39, 0.29) is 29.9 Å². The number of fused-ring (bicyclic) bond motifs is 1. The fourth-order valence-electron chi connectivity index (χ4n) is 3.97. The second-order valence-corrected chi connectivity index (χ2v) is 7.65. The highest BCUT2D eigenvalue weighted by Gasteiger charge is 2.45. The van der Waals surface area contributed by atoms with Crippen molar-refractivity contribution in [3.05, 3.63) is 70.3 Å². The van der Waals surface area contributed by atoms with Gasteiger partial charge >= 0.3 is 0 Å². The SMILES string of the molecule is CCNNC(=O)c1ccc(Cc2cccc3c2C(=O)N(C2CCC(=O)NC2=O)C3=O)cc1. The van der Waals surface area contributed by atoms with Gasteiger partial charge in [0.15, 0.2) is 0 Å². The van der Waals surface area contributed by atoms with Gasteiger partial charge in [-0.2, -0.15) is 0 Å². The van der Waals surface area contributed by atoms with E-state index in [0.717, 1.165) is 10.5 Å². The van der Waals surface area contributed by atoms with Gasteiger partial charge < -0.3 is 0 Å². The van der Waals surface area contributed by atoms with E-state index < -0.39 is 29.7 Å². The molecular formula is C23H22N4O5. The van der Waals surface area contributed by atoms with Crippen molar-refractivity contribution in [3.8, 4) is 0 Å². The molecule has 9 heteroatoms. The number of carbonyl (C=O) groups is 5. The Labute approximate surface area is 184 Å². The smallest absolute Gasteiger partial charge is 0.265 e. The minimum Gasteiger partial charge on any atom is -0.295 e. The molecule has 0 spiro atoms. The van der Waals surface area contributed by atoms with Crippen molar-refractivity contribution in [2.45, 2.75) is 32.2 Å². The molecule has 5 amide bonds. The highest BCUT2D eigenvalue weighted by Crippen LogP contribution is 2.31. The van der Waals surface area contributed by atoms with Gasteiger partial charge in [-0.25, -0.2) is 5.43 Å². The van der Waals surface area contributed by atoms with Gasteiger partial charge in [0.1, 0.15) is 6.04 Å². The van der Waals surface area contributed by atoms with Crippen molar-refractivity contribution in [2.24, 2.45) is 0 Å². The third kappa shape index (κ3) is 3.90. The highest BCUT2D eigenvalue weighted by atomic mass is 16.2. The Kier molecular flexibility index (Phi) is 5.83. The molecule has 0 radical (unpaired) electrons. The summed E-state index contributed by atoms with van der Waals surface area (Å²) in [6.45, 7) is 2.47. The van der Waals surface area contributed by atoms with Crippen LogP contribution in [0.5, 0.6) is 0 Å². The van der Waals surface area contributed by atoms with Crippen molar-refractivity contribution >= 4 is 29.5 Å². The van der Waals surface area contributed by atoms with E-state index in [2.05, 4.69) is 16.2 Å². The third-order valence-corrected chi connectivity index (χ3v) is 5.54. The maximum Gasteiger partial charge on any atom is 0.265 e. The van der Waals surface area contributed by atoms with Crippen LogP contribution in [0.2, 0.25) is 0 Å². The molecule has 2 heterocycles. The lowest BCUT2D eigenvalue weighted by Crippen LogP contribution is -2.54. The molecule has 2 aromatic carbocycles. The van der Waals surface area contributed by atoms with Crippen LogP contribution >= 0.6 is 0 Å². The molecule has 2 aliphatic heterocycles. The predicted molar refractivity (Wildman–Crippen MR) is 114 cm³/mol. The van der Waals surface area contributed by atoms with E-state index in [4.69, 9.17) is 0 Å². The van der Waals surface area contributed by atoms with Gasteiger partial charge in [0, 0.05) is 18.5 Å². The quantitative estimate of drug-likeness (QED) is 0.459. The molecule has 1 fully saturated rings. The normalized spacial score (nSPS) is 17.9. The molecule has 32 heavy (non-hydrogen) atoms. The lowest BCUT2D eigenvalue weighted by Gasteiger charge is -2.27. The molecule has 1 saturated heterocycles. The van der Waals surface area contributed by atoms with Crippen LogP contribution in [0.3, 0.4) is 0 Å². The van der Waals surface area contributed by atoms with Crippen LogP contribution in [-0.2, 0) is 16.0 Å². The average Bonchev–Trinajstić information content (AvgIpc) is 3.04. The van der Waals surface area contributed by atoms with Crippen molar-refractivity contribution < 1.29 is 24.0 Å². The molecule has 0 aliphatic carbocycles. The van der Waals surface area contributed by atoms with Crippen LogP contribution in [-0.4, -0.2) is 47.0 Å². The maximum absolute atomic E-state index is 13.2. The van der Waals surface area contributed by atoms with E-state index in [9.17, 15) is 24.0 Å². The molecule has 1 atom stereocenters. The zero-order chi connectivity index (χ0) is 22.8. The van der Waals surface area contributed by atoms with Gasteiger partial charge in [0.05, 0.1) is 11.1 Å². The summed E-state index contributed by atoms with van der Waals surface area (Å²) in [5.41, 5.74) is 7.85. The molecule has 2 aliphatic rings. The first-order chi connectivity index (χ1) is 15.4. The Hall–Kier alpha value is -3.85. The van der Waals surface area contributed by atoms with Crippen LogP contribution < -0.4 is 16.2 Å². The van der Waals surface area contributed by atoms with Crippen LogP contribution in [0.4, 0.5) is 0 Å². The number of benzene rings is 2. The van der Waals surface area contributed by atoms with Crippen LogP contribution in [0, 0.1) is 0 Å². The molecule has 9 nitrogen and oxygen atoms in total. The number of nitrogens with one attached hydrogen (secondary N) is 3. The van der Waals surface area contributed by atoms with E-state index in [1.165, 1.54) is 0 Å². The molecule has 0 aromatic heterocycles. The molecule has 2 aromatic rings. The lowest BCUT2D eigenvalue weighted by molar-refractivity contribution is -0.136. The van der Waals surface area contributed by atoms with Crippen molar-refractivity contribution in [1.82, 2.24) is 21.1 Å². The number of rotatable bonds is 6. The summed E-state index contributed by atoms with van der Waals surface area (Å²) in [6, 6.07) is 11.0. The molecule has 4 rings (SSSR count). The van der Waals surface area contributed by atoms with Crippen molar-refractivity contribution in [1.29, 1.82) is 0 Å². The zero-order valence-corrected chi connectivity index (χ0v) is 17.4. The maximum atomic E-state index is 13.2. The second kappa shape index (κ2) is 8.72. The predicted octanol–water partition coefficient (Wildman–Crippen LogP) is 0.933. The van der Waals surface area contributed by atoms with Crippen molar-refractivity contribution in [2.75, 3.05) is 6.54 Å². The summed E-state index contributed by atoms with van der Waals surface area (Å²) in [5.74, 6) is -2.36. The summed E-state index contributed by atoms with van der Waals surface area (Å²) >= 11 is 0. The first-order valence-electron chi connectivity index (χ1n) is 10.4. The van der Waals surface area contributed by atoms with Gasteiger partial charge in [-0.1, -0.05) is 31.2 Å². The fraction of sp³-hybridized carbons (Fsp3) is 0.261.